The monoisotopic (exact) mass is 475 g/mol. The van der Waals surface area contributed by atoms with Gasteiger partial charge in [0.05, 0.1) is 23.3 Å². The van der Waals surface area contributed by atoms with E-state index < -0.39 is 45.3 Å². The van der Waals surface area contributed by atoms with Crippen LogP contribution in [0.4, 0.5) is 17.6 Å². The first-order valence-corrected chi connectivity index (χ1v) is 9.14. The third kappa shape index (κ3) is 3.88. The highest BCUT2D eigenvalue weighted by atomic mass is 35.5. The Hall–Kier alpha value is -1.68. The zero-order valence-electron chi connectivity index (χ0n) is 14.8. The minimum Gasteiger partial charge on any atom is -0.380 e. The molecule has 1 aromatic carbocycles. The van der Waals surface area contributed by atoms with Gasteiger partial charge in [0.1, 0.15) is 16.7 Å². The van der Waals surface area contributed by atoms with E-state index in [1.165, 1.54) is 0 Å². The zero-order chi connectivity index (χ0) is 21.7. The quantitative estimate of drug-likeness (QED) is 0.319. The third-order valence-electron chi connectivity index (χ3n) is 4.30. The molecule has 0 unspecified atom stereocenters. The topological polar surface area (TPSA) is 49.7 Å². The number of rotatable bonds is 4. The SMILES string of the molecule is CC(=O)OOc1cc(-c2c(Cl)c(C(F)(F)F)n(C)c2Cl)c(F)c(C2COC2)c1Cl. The second-order valence-electron chi connectivity index (χ2n) is 6.24. The molecule has 29 heavy (non-hydrogen) atoms. The van der Waals surface area contributed by atoms with Crippen molar-refractivity contribution in [1.82, 2.24) is 4.57 Å². The van der Waals surface area contributed by atoms with Gasteiger partial charge in [-0.1, -0.05) is 34.8 Å². The lowest BCUT2D eigenvalue weighted by Gasteiger charge is -2.28. The van der Waals surface area contributed by atoms with Crippen molar-refractivity contribution in [2.75, 3.05) is 13.2 Å². The third-order valence-corrected chi connectivity index (χ3v) is 5.50. The van der Waals surface area contributed by atoms with Gasteiger partial charge in [0, 0.05) is 36.6 Å². The molecule has 2 heterocycles. The number of ether oxygens (including phenoxy) is 1. The van der Waals surface area contributed by atoms with Gasteiger partial charge >= 0.3 is 12.1 Å². The molecular formula is C17H12Cl3F4NO4. The summed E-state index contributed by atoms with van der Waals surface area (Å²) >= 11 is 18.2. The fourth-order valence-corrected chi connectivity index (χ4v) is 3.98. The van der Waals surface area contributed by atoms with Crippen LogP contribution in [0.15, 0.2) is 6.07 Å². The molecule has 3 rings (SSSR count). The maximum Gasteiger partial charge on any atom is 0.432 e. The highest BCUT2D eigenvalue weighted by Gasteiger charge is 2.41. The van der Waals surface area contributed by atoms with Crippen LogP contribution >= 0.6 is 34.8 Å². The number of carbonyl (C=O) groups is 1. The normalized spacial score (nSPS) is 14.7. The molecule has 1 aliphatic rings. The molecule has 1 saturated heterocycles. The second kappa shape index (κ2) is 7.86. The van der Waals surface area contributed by atoms with Crippen LogP contribution in [-0.4, -0.2) is 23.8 Å². The van der Waals surface area contributed by atoms with Crippen molar-refractivity contribution in [2.24, 2.45) is 7.05 Å². The molecule has 1 aromatic heterocycles. The van der Waals surface area contributed by atoms with Gasteiger partial charge in [-0.05, 0) is 6.07 Å². The summed E-state index contributed by atoms with van der Waals surface area (Å²) in [5.41, 5.74) is -2.10. The lowest BCUT2D eigenvalue weighted by atomic mass is 9.92. The first-order valence-electron chi connectivity index (χ1n) is 8.01. The summed E-state index contributed by atoms with van der Waals surface area (Å²) in [6.45, 7) is 1.33. The van der Waals surface area contributed by atoms with Gasteiger partial charge in [-0.15, -0.1) is 0 Å². The average Bonchev–Trinajstić information content (AvgIpc) is 2.78. The molecule has 0 atom stereocenters. The van der Waals surface area contributed by atoms with Gasteiger partial charge in [0.25, 0.3) is 0 Å². The summed E-state index contributed by atoms with van der Waals surface area (Å²) in [6, 6.07) is 0.969. The van der Waals surface area contributed by atoms with E-state index in [4.69, 9.17) is 44.4 Å². The molecule has 158 valence electrons. The molecule has 0 amide bonds. The Morgan fingerprint density at radius 1 is 1.24 bits per heavy atom. The maximum absolute atomic E-state index is 15.4. The van der Waals surface area contributed by atoms with E-state index >= 15 is 4.39 Å². The lowest BCUT2D eigenvalue weighted by molar-refractivity contribution is -0.210. The Morgan fingerprint density at radius 2 is 1.86 bits per heavy atom. The maximum atomic E-state index is 15.4. The summed E-state index contributed by atoms with van der Waals surface area (Å²) in [5, 5.41) is -1.45. The smallest absolute Gasteiger partial charge is 0.380 e. The van der Waals surface area contributed by atoms with Gasteiger partial charge in [-0.25, -0.2) is 9.18 Å². The van der Waals surface area contributed by atoms with Gasteiger partial charge in [0.15, 0.2) is 5.75 Å². The molecule has 0 bridgehead atoms. The number of aromatic nitrogens is 1. The Balaban J connectivity index is 2.27. The minimum atomic E-state index is -4.83. The number of carbonyl (C=O) groups excluding carboxylic acids is 1. The predicted molar refractivity (Wildman–Crippen MR) is 96.8 cm³/mol. The van der Waals surface area contributed by atoms with E-state index in [1.807, 2.05) is 0 Å². The van der Waals surface area contributed by atoms with Gasteiger partial charge in [-0.3, -0.25) is 9.78 Å². The number of halogens is 7. The Bertz CT molecular complexity index is 987. The van der Waals surface area contributed by atoms with E-state index in [2.05, 4.69) is 4.89 Å². The van der Waals surface area contributed by atoms with E-state index in [-0.39, 0.29) is 35.1 Å². The van der Waals surface area contributed by atoms with Crippen molar-refractivity contribution in [3.63, 3.8) is 0 Å². The molecule has 0 aliphatic carbocycles. The molecule has 12 heteroatoms. The fourth-order valence-electron chi connectivity index (χ4n) is 2.90. The van der Waals surface area contributed by atoms with Crippen molar-refractivity contribution in [2.45, 2.75) is 19.0 Å². The van der Waals surface area contributed by atoms with Crippen LogP contribution in [0.25, 0.3) is 11.1 Å². The first kappa shape index (κ1) is 22.0. The van der Waals surface area contributed by atoms with Gasteiger partial charge in [-0.2, -0.15) is 13.2 Å². The van der Waals surface area contributed by atoms with Gasteiger partial charge in [0.2, 0.25) is 0 Å². The summed E-state index contributed by atoms with van der Waals surface area (Å²) in [7, 11) is 1.05. The number of benzene rings is 1. The molecule has 0 saturated carbocycles. The van der Waals surface area contributed by atoms with E-state index in [0.29, 0.717) is 4.57 Å². The first-order chi connectivity index (χ1) is 13.4. The van der Waals surface area contributed by atoms with Crippen molar-refractivity contribution < 1.29 is 36.9 Å². The van der Waals surface area contributed by atoms with Crippen LogP contribution in [0, 0.1) is 5.82 Å². The zero-order valence-corrected chi connectivity index (χ0v) is 17.1. The number of nitrogens with zero attached hydrogens (tertiary/aromatic N) is 1. The van der Waals surface area contributed by atoms with Crippen molar-refractivity contribution in [1.29, 1.82) is 0 Å². The summed E-state index contributed by atoms with van der Waals surface area (Å²) in [4.78, 5) is 20.3. The summed E-state index contributed by atoms with van der Waals surface area (Å²) in [5.74, 6) is -2.52. The highest BCUT2D eigenvalue weighted by Crippen LogP contribution is 2.49. The van der Waals surface area contributed by atoms with Gasteiger partial charge < -0.3 is 9.30 Å². The molecule has 0 spiro atoms. The number of hydrogen-bond donors (Lipinski definition) is 0. The fraction of sp³-hybridized carbons (Fsp3) is 0.353. The van der Waals surface area contributed by atoms with Crippen molar-refractivity contribution in [3.05, 3.63) is 38.3 Å². The summed E-state index contributed by atoms with van der Waals surface area (Å²) in [6.07, 6.45) is -4.83. The number of alkyl halides is 3. The molecule has 2 aromatic rings. The van der Waals surface area contributed by atoms with E-state index in [1.54, 1.807) is 0 Å². The predicted octanol–water partition coefficient (Wildman–Crippen LogP) is 5.78. The number of hydrogen-bond acceptors (Lipinski definition) is 4. The van der Waals surface area contributed by atoms with Crippen LogP contribution in [0.5, 0.6) is 5.75 Å². The Kier molecular flexibility index (Phi) is 5.97. The lowest BCUT2D eigenvalue weighted by Crippen LogP contribution is -2.26. The second-order valence-corrected chi connectivity index (χ2v) is 7.36. The molecule has 0 N–H and O–H groups in total. The van der Waals surface area contributed by atoms with Crippen LogP contribution < -0.4 is 4.89 Å². The molecule has 1 fully saturated rings. The molecule has 0 radical (unpaired) electrons. The Labute approximate surface area is 176 Å². The molecule has 1 aliphatic heterocycles. The Morgan fingerprint density at radius 3 is 2.31 bits per heavy atom. The van der Waals surface area contributed by atoms with Crippen LogP contribution in [0.3, 0.4) is 0 Å². The van der Waals surface area contributed by atoms with Crippen LogP contribution in [0.1, 0.15) is 24.1 Å². The highest BCUT2D eigenvalue weighted by molar-refractivity contribution is 6.40. The molecule has 5 nitrogen and oxygen atoms in total. The van der Waals surface area contributed by atoms with Crippen LogP contribution in [-0.2, 0) is 27.6 Å². The van der Waals surface area contributed by atoms with Crippen molar-refractivity contribution in [3.8, 4) is 16.9 Å². The minimum absolute atomic E-state index is 0.0675. The largest absolute Gasteiger partial charge is 0.432 e. The van der Waals surface area contributed by atoms with E-state index in [9.17, 15) is 18.0 Å². The summed E-state index contributed by atoms with van der Waals surface area (Å²) < 4.78 is 61.1. The van der Waals surface area contributed by atoms with Crippen molar-refractivity contribution >= 4 is 40.8 Å². The molecular weight excluding hydrogens is 465 g/mol. The van der Waals surface area contributed by atoms with Crippen LogP contribution in [0.2, 0.25) is 15.2 Å². The standard InChI is InChI=1S/C17H12Cl3F4NO4/c1-6(26)28-29-9-3-8(14(21)10(12(9)18)7-4-27-5-7)11-13(19)15(17(22,23)24)25(2)16(11)20/h3,7H,4-5H2,1-2H3. The van der Waals surface area contributed by atoms with E-state index in [0.717, 1.165) is 20.0 Å². The average molecular weight is 477 g/mol.